The van der Waals surface area contributed by atoms with E-state index in [1.807, 2.05) is 0 Å². The summed E-state index contributed by atoms with van der Waals surface area (Å²) < 4.78 is 13.9. The molecule has 5 heteroatoms. The predicted octanol–water partition coefficient (Wildman–Crippen LogP) is 2.05. The zero-order valence-corrected chi connectivity index (χ0v) is 12.0. The average molecular weight is 279 g/mol. The highest BCUT2D eigenvalue weighted by molar-refractivity contribution is 5.93. The van der Waals surface area contributed by atoms with Gasteiger partial charge in [0.05, 0.1) is 0 Å². The van der Waals surface area contributed by atoms with Crippen molar-refractivity contribution in [2.75, 3.05) is 6.54 Å². The molecule has 1 saturated carbocycles. The van der Waals surface area contributed by atoms with E-state index < -0.39 is 5.91 Å². The number of nitrogens with two attached hydrogens (primary N) is 1. The Hall–Kier alpha value is -1.46. The summed E-state index contributed by atoms with van der Waals surface area (Å²) in [6.45, 7) is 5.73. The van der Waals surface area contributed by atoms with Gasteiger partial charge in [0, 0.05) is 30.3 Å². The van der Waals surface area contributed by atoms with Gasteiger partial charge in [-0.2, -0.15) is 0 Å². The van der Waals surface area contributed by atoms with E-state index in [4.69, 9.17) is 5.84 Å². The number of halogens is 1. The van der Waals surface area contributed by atoms with Crippen LogP contribution in [0.5, 0.6) is 0 Å². The van der Waals surface area contributed by atoms with Crippen molar-refractivity contribution in [2.45, 2.75) is 39.3 Å². The first-order chi connectivity index (χ1) is 9.51. The number of carbonyl (C=O) groups excluding carboxylic acids is 1. The summed E-state index contributed by atoms with van der Waals surface area (Å²) in [6, 6.07) is 4.71. The summed E-state index contributed by atoms with van der Waals surface area (Å²) in [5.41, 5.74) is 3.00. The highest BCUT2D eigenvalue weighted by atomic mass is 19.1. The van der Waals surface area contributed by atoms with Crippen LogP contribution in [0.3, 0.4) is 0 Å². The fraction of sp³-hybridized carbons (Fsp3) is 0.533. The number of hydrazine groups is 1. The normalized spacial score (nSPS) is 14.9. The molecule has 20 heavy (non-hydrogen) atoms. The Morgan fingerprint density at radius 3 is 2.75 bits per heavy atom. The number of carbonyl (C=O) groups is 1. The molecule has 0 bridgehead atoms. The maximum absolute atomic E-state index is 13.9. The summed E-state index contributed by atoms with van der Waals surface area (Å²) in [5.74, 6) is 5.18. The van der Waals surface area contributed by atoms with Crippen molar-refractivity contribution in [1.82, 2.24) is 10.3 Å². The summed E-state index contributed by atoms with van der Waals surface area (Å²) in [5, 5.41) is 0. The first-order valence-corrected chi connectivity index (χ1v) is 7.04. The molecular formula is C15H22FN3O. The van der Waals surface area contributed by atoms with Gasteiger partial charge in [-0.1, -0.05) is 0 Å². The Morgan fingerprint density at radius 1 is 1.50 bits per heavy atom. The van der Waals surface area contributed by atoms with Crippen molar-refractivity contribution in [2.24, 2.45) is 11.8 Å². The number of nitrogen functional groups attached to an aromatic ring is 1. The van der Waals surface area contributed by atoms with Crippen molar-refractivity contribution >= 4 is 5.91 Å². The van der Waals surface area contributed by atoms with Crippen molar-refractivity contribution in [3.63, 3.8) is 0 Å². The van der Waals surface area contributed by atoms with Gasteiger partial charge in [-0.15, -0.1) is 0 Å². The minimum absolute atomic E-state index is 0.278. The number of nitrogens with one attached hydrogen (secondary N) is 1. The Morgan fingerprint density at radius 2 is 2.20 bits per heavy atom. The van der Waals surface area contributed by atoms with E-state index in [2.05, 4.69) is 24.2 Å². The summed E-state index contributed by atoms with van der Waals surface area (Å²) >= 11 is 0. The van der Waals surface area contributed by atoms with Gasteiger partial charge in [0.15, 0.2) is 0 Å². The Labute approximate surface area is 119 Å². The molecule has 0 aliphatic heterocycles. The molecule has 4 nitrogen and oxygen atoms in total. The van der Waals surface area contributed by atoms with Crippen LogP contribution in [0.2, 0.25) is 0 Å². The van der Waals surface area contributed by atoms with Gasteiger partial charge >= 0.3 is 0 Å². The molecule has 1 aliphatic carbocycles. The van der Waals surface area contributed by atoms with Crippen LogP contribution in [0.25, 0.3) is 0 Å². The van der Waals surface area contributed by atoms with Crippen LogP contribution in [0, 0.1) is 11.7 Å². The molecule has 2 rings (SSSR count). The van der Waals surface area contributed by atoms with Gasteiger partial charge in [0.2, 0.25) is 0 Å². The van der Waals surface area contributed by atoms with E-state index in [0.717, 1.165) is 12.5 Å². The standard InChI is InChI=1S/C15H22FN3O/c1-10(2)19(8-11-3-4-11)9-13-7-12(15(20)18-17)5-6-14(13)16/h5-7,10-11H,3-4,8-9,17H2,1-2H3,(H,18,20). The molecule has 1 amide bonds. The van der Waals surface area contributed by atoms with E-state index in [1.165, 1.54) is 25.0 Å². The monoisotopic (exact) mass is 279 g/mol. The van der Waals surface area contributed by atoms with Crippen LogP contribution in [0.1, 0.15) is 42.6 Å². The predicted molar refractivity (Wildman–Crippen MR) is 76.3 cm³/mol. The Kier molecular flexibility index (Phi) is 4.73. The SMILES string of the molecule is CC(C)N(Cc1cc(C(=O)NN)ccc1F)CC1CC1. The fourth-order valence-electron chi connectivity index (χ4n) is 2.23. The lowest BCUT2D eigenvalue weighted by Gasteiger charge is -2.26. The molecule has 110 valence electrons. The molecule has 0 aromatic heterocycles. The number of rotatable bonds is 6. The van der Waals surface area contributed by atoms with Crippen LogP contribution in [-0.4, -0.2) is 23.4 Å². The van der Waals surface area contributed by atoms with Crippen molar-refractivity contribution in [3.05, 3.63) is 35.1 Å². The topological polar surface area (TPSA) is 58.4 Å². The molecule has 1 aromatic carbocycles. The van der Waals surface area contributed by atoms with E-state index in [-0.39, 0.29) is 5.82 Å². The number of amides is 1. The third-order valence-electron chi connectivity index (χ3n) is 3.73. The number of hydrogen-bond acceptors (Lipinski definition) is 3. The molecule has 1 fully saturated rings. The highest BCUT2D eigenvalue weighted by Crippen LogP contribution is 2.31. The molecule has 1 aromatic rings. The van der Waals surface area contributed by atoms with Crippen LogP contribution < -0.4 is 11.3 Å². The van der Waals surface area contributed by atoms with Gasteiger partial charge in [-0.25, -0.2) is 10.2 Å². The van der Waals surface area contributed by atoms with Crippen molar-refractivity contribution in [3.8, 4) is 0 Å². The first kappa shape index (κ1) is 14.9. The zero-order chi connectivity index (χ0) is 14.7. The van der Waals surface area contributed by atoms with Gasteiger partial charge in [-0.3, -0.25) is 15.1 Å². The van der Waals surface area contributed by atoms with E-state index in [0.29, 0.717) is 23.7 Å². The molecule has 0 unspecified atom stereocenters. The summed E-state index contributed by atoms with van der Waals surface area (Å²) in [6.07, 6.45) is 2.53. The van der Waals surface area contributed by atoms with Gasteiger partial charge in [0.25, 0.3) is 5.91 Å². The molecule has 0 saturated heterocycles. The largest absolute Gasteiger partial charge is 0.296 e. The minimum atomic E-state index is -0.399. The highest BCUT2D eigenvalue weighted by Gasteiger charge is 2.26. The van der Waals surface area contributed by atoms with E-state index in [9.17, 15) is 9.18 Å². The van der Waals surface area contributed by atoms with E-state index >= 15 is 0 Å². The zero-order valence-electron chi connectivity index (χ0n) is 12.0. The molecule has 0 spiro atoms. The maximum Gasteiger partial charge on any atom is 0.265 e. The number of hydrogen-bond donors (Lipinski definition) is 2. The maximum atomic E-state index is 13.9. The van der Waals surface area contributed by atoms with Crippen molar-refractivity contribution in [1.29, 1.82) is 0 Å². The van der Waals surface area contributed by atoms with Crippen LogP contribution in [0.15, 0.2) is 18.2 Å². The molecule has 0 heterocycles. The fourth-order valence-corrected chi connectivity index (χ4v) is 2.23. The second-order valence-corrected chi connectivity index (χ2v) is 5.75. The van der Waals surface area contributed by atoms with Crippen LogP contribution in [0.4, 0.5) is 4.39 Å². The Bertz CT molecular complexity index is 486. The van der Waals surface area contributed by atoms with Gasteiger partial charge < -0.3 is 0 Å². The van der Waals surface area contributed by atoms with E-state index in [1.54, 1.807) is 6.07 Å². The molecule has 1 aliphatic rings. The molecule has 3 N–H and O–H groups in total. The quantitative estimate of drug-likeness (QED) is 0.476. The van der Waals surface area contributed by atoms with Gasteiger partial charge in [0.1, 0.15) is 5.82 Å². The molecular weight excluding hydrogens is 257 g/mol. The third kappa shape index (κ3) is 3.77. The van der Waals surface area contributed by atoms with Crippen LogP contribution >= 0.6 is 0 Å². The summed E-state index contributed by atoms with van der Waals surface area (Å²) in [4.78, 5) is 13.8. The third-order valence-corrected chi connectivity index (χ3v) is 3.73. The Balaban J connectivity index is 2.14. The molecule has 0 atom stereocenters. The van der Waals surface area contributed by atoms with Gasteiger partial charge in [-0.05, 0) is 50.8 Å². The second-order valence-electron chi connectivity index (χ2n) is 5.75. The number of benzene rings is 1. The van der Waals surface area contributed by atoms with Crippen molar-refractivity contribution < 1.29 is 9.18 Å². The lowest BCUT2D eigenvalue weighted by molar-refractivity contribution is 0.0953. The second kappa shape index (κ2) is 6.33. The first-order valence-electron chi connectivity index (χ1n) is 7.04. The number of nitrogens with zero attached hydrogens (tertiary/aromatic N) is 1. The lowest BCUT2D eigenvalue weighted by Crippen LogP contribution is -2.33. The molecule has 0 radical (unpaired) electrons. The summed E-state index contributed by atoms with van der Waals surface area (Å²) in [7, 11) is 0. The lowest BCUT2D eigenvalue weighted by atomic mass is 10.1. The minimum Gasteiger partial charge on any atom is -0.296 e. The smallest absolute Gasteiger partial charge is 0.265 e. The van der Waals surface area contributed by atoms with Crippen LogP contribution in [-0.2, 0) is 6.54 Å². The average Bonchev–Trinajstić information content (AvgIpc) is 3.23.